The minimum atomic E-state index is -0.00958. The van der Waals surface area contributed by atoms with Crippen molar-refractivity contribution in [3.63, 3.8) is 0 Å². The van der Waals surface area contributed by atoms with Crippen molar-refractivity contribution >= 4 is 0 Å². The van der Waals surface area contributed by atoms with Gasteiger partial charge < -0.3 is 0 Å². The maximum absolute atomic E-state index is 9.43. The van der Waals surface area contributed by atoms with E-state index in [1.165, 1.54) is 11.1 Å². The molecule has 2 atom stereocenters. The van der Waals surface area contributed by atoms with E-state index >= 15 is 0 Å². The molecule has 0 unspecified atom stereocenters. The Bertz CT molecular complexity index is 584. The first-order valence-corrected chi connectivity index (χ1v) is 6.51. The molecule has 0 spiro atoms. The van der Waals surface area contributed by atoms with E-state index in [9.17, 15) is 5.26 Å². The Morgan fingerprint density at radius 3 is 2.83 bits per heavy atom. The molecule has 1 heteroatoms. The van der Waals surface area contributed by atoms with Crippen LogP contribution >= 0.6 is 0 Å². The summed E-state index contributed by atoms with van der Waals surface area (Å²) in [5.74, 6) is 0.722. The monoisotopic (exact) mass is 235 g/mol. The van der Waals surface area contributed by atoms with Gasteiger partial charge in [0.2, 0.25) is 0 Å². The minimum Gasteiger partial charge on any atom is -0.193 e. The first-order valence-electron chi connectivity index (χ1n) is 6.51. The molecule has 18 heavy (non-hydrogen) atoms. The zero-order chi connectivity index (χ0) is 12.8. The summed E-state index contributed by atoms with van der Waals surface area (Å²) in [5, 5.41) is 9.43. The van der Waals surface area contributed by atoms with Crippen molar-refractivity contribution < 1.29 is 0 Å². The standard InChI is InChI=1S/C17H17N/c1-17(2)8-7-15-14-6-4-3-5-12(14)9-16(15)13(10-17)11-18/h3-8,10,15-16H,9H2,1-2H3/t15-,16-/m0/s1. The third-order valence-corrected chi connectivity index (χ3v) is 4.08. The molecule has 0 amide bonds. The van der Waals surface area contributed by atoms with E-state index in [2.05, 4.69) is 62.4 Å². The van der Waals surface area contributed by atoms with Crippen LogP contribution in [0.25, 0.3) is 0 Å². The van der Waals surface area contributed by atoms with Crippen LogP contribution in [-0.4, -0.2) is 0 Å². The predicted molar refractivity (Wildman–Crippen MR) is 73.0 cm³/mol. The van der Waals surface area contributed by atoms with Crippen LogP contribution in [0.3, 0.4) is 0 Å². The Balaban J connectivity index is 2.12. The van der Waals surface area contributed by atoms with Crippen LogP contribution in [0.4, 0.5) is 0 Å². The van der Waals surface area contributed by atoms with E-state index in [1.807, 2.05) is 0 Å². The maximum Gasteiger partial charge on any atom is 0.0947 e. The highest BCUT2D eigenvalue weighted by atomic mass is 14.4. The number of benzene rings is 1. The number of rotatable bonds is 0. The zero-order valence-electron chi connectivity index (χ0n) is 10.9. The summed E-state index contributed by atoms with van der Waals surface area (Å²) < 4.78 is 0. The van der Waals surface area contributed by atoms with Crippen molar-refractivity contribution in [2.75, 3.05) is 0 Å². The lowest BCUT2D eigenvalue weighted by atomic mass is 9.86. The van der Waals surface area contributed by atoms with Gasteiger partial charge in [-0.25, -0.2) is 0 Å². The summed E-state index contributed by atoms with van der Waals surface area (Å²) in [5.41, 5.74) is 3.74. The van der Waals surface area contributed by atoms with Crippen LogP contribution in [0.1, 0.15) is 30.9 Å². The van der Waals surface area contributed by atoms with Gasteiger partial charge in [-0.05, 0) is 17.5 Å². The molecule has 1 aromatic rings. The molecule has 0 saturated carbocycles. The molecule has 0 fully saturated rings. The average molecular weight is 235 g/mol. The van der Waals surface area contributed by atoms with Crippen molar-refractivity contribution in [1.82, 2.24) is 0 Å². The van der Waals surface area contributed by atoms with Gasteiger partial charge in [-0.1, -0.05) is 56.3 Å². The lowest BCUT2D eigenvalue weighted by Gasteiger charge is -2.15. The zero-order valence-corrected chi connectivity index (χ0v) is 10.9. The van der Waals surface area contributed by atoms with Gasteiger partial charge in [0.15, 0.2) is 0 Å². The topological polar surface area (TPSA) is 23.8 Å². The van der Waals surface area contributed by atoms with Crippen molar-refractivity contribution in [3.8, 4) is 6.07 Å². The molecule has 1 nitrogen and oxygen atoms in total. The van der Waals surface area contributed by atoms with Crippen molar-refractivity contribution in [3.05, 3.63) is 59.2 Å². The second-order valence-electron chi connectivity index (χ2n) is 5.93. The van der Waals surface area contributed by atoms with Crippen LogP contribution in [0.5, 0.6) is 0 Å². The minimum absolute atomic E-state index is 0.00958. The summed E-state index contributed by atoms with van der Waals surface area (Å²) in [6.45, 7) is 4.32. The van der Waals surface area contributed by atoms with Gasteiger partial charge in [0.25, 0.3) is 0 Å². The molecule has 90 valence electrons. The van der Waals surface area contributed by atoms with Crippen LogP contribution < -0.4 is 0 Å². The van der Waals surface area contributed by atoms with E-state index < -0.39 is 0 Å². The fourth-order valence-corrected chi connectivity index (χ4v) is 3.19. The molecule has 0 radical (unpaired) electrons. The molecule has 0 heterocycles. The van der Waals surface area contributed by atoms with E-state index in [4.69, 9.17) is 0 Å². The molecule has 0 bridgehead atoms. The predicted octanol–water partition coefficient (Wildman–Crippen LogP) is 3.99. The first kappa shape index (κ1) is 11.3. The Labute approximate surface area is 108 Å². The van der Waals surface area contributed by atoms with Crippen LogP contribution in [0.2, 0.25) is 0 Å². The number of fused-ring (bicyclic) bond motifs is 3. The Hall–Kier alpha value is -1.81. The van der Waals surface area contributed by atoms with Crippen molar-refractivity contribution in [1.29, 1.82) is 5.26 Å². The van der Waals surface area contributed by atoms with Gasteiger partial charge in [-0.15, -0.1) is 0 Å². The number of allylic oxidation sites excluding steroid dienone is 4. The summed E-state index contributed by atoms with van der Waals surface area (Å²) in [6.07, 6.45) is 7.69. The summed E-state index contributed by atoms with van der Waals surface area (Å²) in [6, 6.07) is 11.0. The molecule has 0 N–H and O–H groups in total. The van der Waals surface area contributed by atoms with Gasteiger partial charge in [0, 0.05) is 22.8 Å². The third kappa shape index (κ3) is 1.69. The average Bonchev–Trinajstić information content (AvgIpc) is 2.66. The lowest BCUT2D eigenvalue weighted by Crippen LogP contribution is -2.08. The van der Waals surface area contributed by atoms with Crippen molar-refractivity contribution in [2.45, 2.75) is 26.2 Å². The third-order valence-electron chi connectivity index (χ3n) is 4.08. The number of nitrogens with zero attached hydrogens (tertiary/aromatic N) is 1. The van der Waals surface area contributed by atoms with Gasteiger partial charge in [0.1, 0.15) is 0 Å². The molecule has 0 aliphatic heterocycles. The highest BCUT2D eigenvalue weighted by Crippen LogP contribution is 2.45. The fraction of sp³-hybridized carbons (Fsp3) is 0.353. The largest absolute Gasteiger partial charge is 0.193 e. The Kier molecular flexibility index (Phi) is 2.41. The molecule has 3 rings (SSSR count). The van der Waals surface area contributed by atoms with Gasteiger partial charge in [-0.3, -0.25) is 0 Å². The van der Waals surface area contributed by atoms with Crippen LogP contribution in [0, 0.1) is 22.7 Å². The second-order valence-corrected chi connectivity index (χ2v) is 5.93. The Morgan fingerprint density at radius 2 is 2.06 bits per heavy atom. The van der Waals surface area contributed by atoms with Gasteiger partial charge >= 0.3 is 0 Å². The molecule has 0 saturated heterocycles. The molecule has 0 aromatic heterocycles. The van der Waals surface area contributed by atoms with E-state index in [0.29, 0.717) is 11.8 Å². The highest BCUT2D eigenvalue weighted by Gasteiger charge is 2.35. The normalized spacial score (nSPS) is 27.7. The summed E-state index contributed by atoms with van der Waals surface area (Å²) in [4.78, 5) is 0. The second kappa shape index (κ2) is 3.85. The molecular formula is C17H17N. The summed E-state index contributed by atoms with van der Waals surface area (Å²) >= 11 is 0. The van der Waals surface area contributed by atoms with E-state index in [1.54, 1.807) is 0 Å². The SMILES string of the molecule is CC1(C)C=C[C@H]2c3ccccc3C[C@H]2C(C#N)=C1. The van der Waals surface area contributed by atoms with Gasteiger partial charge in [-0.2, -0.15) is 5.26 Å². The number of hydrogen-bond acceptors (Lipinski definition) is 1. The van der Waals surface area contributed by atoms with Gasteiger partial charge in [0.05, 0.1) is 6.07 Å². The number of nitriles is 1. The molecular weight excluding hydrogens is 218 g/mol. The van der Waals surface area contributed by atoms with E-state index in [-0.39, 0.29) is 5.41 Å². The lowest BCUT2D eigenvalue weighted by molar-refractivity contribution is 0.604. The summed E-state index contributed by atoms with van der Waals surface area (Å²) in [7, 11) is 0. The highest BCUT2D eigenvalue weighted by molar-refractivity contribution is 5.47. The maximum atomic E-state index is 9.43. The fourth-order valence-electron chi connectivity index (χ4n) is 3.19. The molecule has 1 aromatic carbocycles. The number of hydrogen-bond donors (Lipinski definition) is 0. The smallest absolute Gasteiger partial charge is 0.0947 e. The molecule has 2 aliphatic carbocycles. The quantitative estimate of drug-likeness (QED) is 0.624. The molecule has 2 aliphatic rings. The van der Waals surface area contributed by atoms with Crippen LogP contribution in [0.15, 0.2) is 48.1 Å². The van der Waals surface area contributed by atoms with E-state index in [0.717, 1.165) is 12.0 Å². The first-order chi connectivity index (χ1) is 8.61. The van der Waals surface area contributed by atoms with Crippen LogP contribution in [-0.2, 0) is 6.42 Å². The Morgan fingerprint density at radius 1 is 1.28 bits per heavy atom. The van der Waals surface area contributed by atoms with Crippen molar-refractivity contribution in [2.24, 2.45) is 11.3 Å².